The van der Waals surface area contributed by atoms with Gasteiger partial charge in [-0.1, -0.05) is 12.1 Å². The largest absolute Gasteiger partial charge is 0.508 e. The van der Waals surface area contributed by atoms with Crippen molar-refractivity contribution in [1.29, 1.82) is 0 Å². The minimum atomic E-state index is -0.921. The third kappa shape index (κ3) is 3.01. The molecule has 1 aromatic carbocycles. The predicted molar refractivity (Wildman–Crippen MR) is 55.3 cm³/mol. The van der Waals surface area contributed by atoms with E-state index < -0.39 is 12.0 Å². The molecule has 0 bridgehead atoms. The first-order valence-electron chi connectivity index (χ1n) is 4.00. The summed E-state index contributed by atoms with van der Waals surface area (Å²) in [5.41, 5.74) is 0.849. The Kier molecular flexibility index (Phi) is 3.91. The highest BCUT2D eigenvalue weighted by Gasteiger charge is 2.15. The molecule has 1 rings (SSSR count). The molecule has 5 heteroatoms. The van der Waals surface area contributed by atoms with Crippen LogP contribution in [0.15, 0.2) is 24.3 Å². The molecule has 3 N–H and O–H groups in total. The number of hydrogen-bond acceptors (Lipinski definition) is 3. The lowest BCUT2D eigenvalue weighted by Gasteiger charge is -2.09. The lowest BCUT2D eigenvalue weighted by molar-refractivity contribution is -0.138. The van der Waals surface area contributed by atoms with Crippen molar-refractivity contribution in [3.8, 4) is 5.75 Å². The maximum absolute atomic E-state index is 10.7. The first-order valence-corrected chi connectivity index (χ1v) is 4.79. The van der Waals surface area contributed by atoms with Crippen molar-refractivity contribution in [1.82, 2.24) is 4.34 Å². The number of aromatic hydroxyl groups is 1. The number of phenols is 1. The van der Waals surface area contributed by atoms with Crippen LogP contribution in [0.3, 0.4) is 0 Å². The Bertz CT molecular complexity index is 312. The molecule has 0 radical (unpaired) electrons. The van der Waals surface area contributed by atoms with Crippen LogP contribution in [-0.2, 0) is 11.2 Å². The van der Waals surface area contributed by atoms with Gasteiger partial charge in [0.05, 0.1) is 0 Å². The van der Waals surface area contributed by atoms with Gasteiger partial charge in [0.25, 0.3) is 0 Å². The molecule has 1 atom stereocenters. The van der Waals surface area contributed by atoms with Gasteiger partial charge in [-0.3, -0.25) is 4.79 Å². The molecule has 0 aliphatic rings. The number of aliphatic carboxylic acids is 1. The van der Waals surface area contributed by atoms with Gasteiger partial charge in [0.1, 0.15) is 11.8 Å². The van der Waals surface area contributed by atoms with Gasteiger partial charge in [-0.05, 0) is 24.1 Å². The van der Waals surface area contributed by atoms with E-state index in [1.54, 1.807) is 12.1 Å². The second-order valence-corrected chi connectivity index (χ2v) is 3.33. The van der Waals surface area contributed by atoms with E-state index in [0.717, 1.165) is 5.56 Å². The van der Waals surface area contributed by atoms with E-state index in [2.05, 4.69) is 20.5 Å². The predicted octanol–water partition coefficient (Wildman–Crippen LogP) is 1.29. The first-order chi connectivity index (χ1) is 6.63. The molecular weight excluding hydrogens is 250 g/mol. The molecule has 1 aromatic rings. The molecule has 0 heterocycles. The lowest BCUT2D eigenvalue weighted by atomic mass is 10.1. The lowest BCUT2D eigenvalue weighted by Crippen LogP contribution is -2.32. The second kappa shape index (κ2) is 4.97. The number of carboxylic acids is 1. The Balaban J connectivity index is 2.67. The minimum absolute atomic E-state index is 0.174. The molecule has 0 aromatic heterocycles. The highest BCUT2D eigenvalue weighted by atomic mass is 79.9. The van der Waals surface area contributed by atoms with Crippen molar-refractivity contribution >= 4 is 22.1 Å². The zero-order chi connectivity index (χ0) is 10.6. The summed E-state index contributed by atoms with van der Waals surface area (Å²) in [7, 11) is 0. The fraction of sp³-hybridized carbons (Fsp3) is 0.222. The number of carboxylic acid groups (broad SMARTS) is 1. The molecule has 4 nitrogen and oxygen atoms in total. The van der Waals surface area contributed by atoms with Crippen LogP contribution in [0.1, 0.15) is 5.56 Å². The van der Waals surface area contributed by atoms with Crippen LogP contribution in [0.4, 0.5) is 0 Å². The van der Waals surface area contributed by atoms with Gasteiger partial charge < -0.3 is 10.2 Å². The highest BCUT2D eigenvalue weighted by molar-refractivity contribution is 9.08. The molecule has 0 amide bonds. The van der Waals surface area contributed by atoms with Crippen molar-refractivity contribution in [2.45, 2.75) is 12.5 Å². The molecule has 0 saturated carbocycles. The Morgan fingerprint density at radius 3 is 2.43 bits per heavy atom. The van der Waals surface area contributed by atoms with Crippen molar-refractivity contribution in [2.75, 3.05) is 0 Å². The van der Waals surface area contributed by atoms with E-state index in [1.165, 1.54) is 12.1 Å². The summed E-state index contributed by atoms with van der Waals surface area (Å²) in [5, 5.41) is 17.8. The summed E-state index contributed by atoms with van der Waals surface area (Å²) in [6.45, 7) is 0. The van der Waals surface area contributed by atoms with Crippen LogP contribution < -0.4 is 4.34 Å². The van der Waals surface area contributed by atoms with E-state index in [4.69, 9.17) is 10.2 Å². The van der Waals surface area contributed by atoms with Gasteiger partial charge >= 0.3 is 5.97 Å². The topological polar surface area (TPSA) is 69.6 Å². The van der Waals surface area contributed by atoms with Crippen molar-refractivity contribution in [3.63, 3.8) is 0 Å². The smallest absolute Gasteiger partial charge is 0.321 e. The fourth-order valence-electron chi connectivity index (χ4n) is 1.04. The monoisotopic (exact) mass is 259 g/mol. The van der Waals surface area contributed by atoms with Gasteiger partial charge in [0.15, 0.2) is 0 Å². The quantitative estimate of drug-likeness (QED) is 0.713. The zero-order valence-corrected chi connectivity index (χ0v) is 8.86. The average Bonchev–Trinajstić information content (AvgIpc) is 2.16. The van der Waals surface area contributed by atoms with Crippen molar-refractivity contribution < 1.29 is 15.0 Å². The van der Waals surface area contributed by atoms with Gasteiger partial charge in [-0.15, -0.1) is 0 Å². The number of phenolic OH excluding ortho intramolecular Hbond substituents is 1. The van der Waals surface area contributed by atoms with E-state index in [1.807, 2.05) is 0 Å². The minimum Gasteiger partial charge on any atom is -0.508 e. The van der Waals surface area contributed by atoms with Crippen molar-refractivity contribution in [3.05, 3.63) is 29.8 Å². The maximum atomic E-state index is 10.7. The highest BCUT2D eigenvalue weighted by Crippen LogP contribution is 2.11. The van der Waals surface area contributed by atoms with Gasteiger partial charge in [0, 0.05) is 16.1 Å². The van der Waals surface area contributed by atoms with Crippen LogP contribution in [0, 0.1) is 0 Å². The summed E-state index contributed by atoms with van der Waals surface area (Å²) in [4.78, 5) is 10.7. The molecule has 0 aliphatic carbocycles. The van der Waals surface area contributed by atoms with Crippen molar-refractivity contribution in [2.24, 2.45) is 0 Å². The average molecular weight is 260 g/mol. The number of hydrogen-bond donors (Lipinski definition) is 3. The van der Waals surface area contributed by atoms with Crippen LogP contribution in [0.25, 0.3) is 0 Å². The van der Waals surface area contributed by atoms with Crippen LogP contribution in [0.5, 0.6) is 5.75 Å². The Morgan fingerprint density at radius 1 is 1.43 bits per heavy atom. The Hall–Kier alpha value is -1.07. The third-order valence-corrected chi connectivity index (χ3v) is 2.36. The van der Waals surface area contributed by atoms with Crippen LogP contribution in [0.2, 0.25) is 0 Å². The summed E-state index contributed by atoms with van der Waals surface area (Å²) in [5.74, 6) is -0.748. The van der Waals surface area contributed by atoms with Crippen LogP contribution in [-0.4, -0.2) is 22.2 Å². The standard InChI is InChI=1S/C9H10BrNO3/c10-11-8(9(13)14)5-6-1-3-7(12)4-2-6/h1-4,8,11-12H,5H2,(H,13,14)/t8-/m0/s1. The van der Waals surface area contributed by atoms with E-state index >= 15 is 0 Å². The molecule has 76 valence electrons. The number of benzene rings is 1. The normalized spacial score (nSPS) is 12.4. The van der Waals surface area contributed by atoms with E-state index in [9.17, 15) is 4.79 Å². The molecule has 0 aliphatic heterocycles. The number of rotatable bonds is 4. The molecule has 0 saturated heterocycles. The third-order valence-electron chi connectivity index (χ3n) is 1.81. The van der Waals surface area contributed by atoms with E-state index in [-0.39, 0.29) is 5.75 Å². The van der Waals surface area contributed by atoms with Gasteiger partial charge in [-0.25, -0.2) is 4.34 Å². The van der Waals surface area contributed by atoms with Gasteiger partial charge in [0.2, 0.25) is 0 Å². The summed E-state index contributed by atoms with van der Waals surface area (Å²) in [6, 6.07) is 5.77. The SMILES string of the molecule is O=C(O)[C@H](Cc1ccc(O)cc1)NBr. The maximum Gasteiger partial charge on any atom is 0.321 e. The van der Waals surface area contributed by atoms with E-state index in [0.29, 0.717) is 6.42 Å². The zero-order valence-electron chi connectivity index (χ0n) is 7.27. The number of halogens is 1. The molecule has 14 heavy (non-hydrogen) atoms. The van der Waals surface area contributed by atoms with Gasteiger partial charge in [-0.2, -0.15) is 0 Å². The number of nitrogens with one attached hydrogen (secondary N) is 1. The molecule has 0 unspecified atom stereocenters. The Labute approximate surface area is 89.9 Å². The number of carbonyl (C=O) groups is 1. The molecule has 0 fully saturated rings. The summed E-state index contributed by atoms with van der Waals surface area (Å²) < 4.78 is 2.52. The van der Waals surface area contributed by atoms with Crippen LogP contribution >= 0.6 is 16.1 Å². The second-order valence-electron chi connectivity index (χ2n) is 2.87. The first kappa shape index (κ1) is 11.0. The molecular formula is C9H10BrNO3. The Morgan fingerprint density at radius 2 is 2.00 bits per heavy atom. The molecule has 0 spiro atoms. The fourth-order valence-corrected chi connectivity index (χ4v) is 1.40. The summed E-state index contributed by atoms with van der Waals surface area (Å²) in [6.07, 6.45) is 0.362. The summed E-state index contributed by atoms with van der Waals surface area (Å²) >= 11 is 2.91.